The first-order valence-electron chi connectivity index (χ1n) is 5.52. The molecular formula is C12H18N2O2. The zero-order valence-electron chi connectivity index (χ0n) is 9.69. The molecule has 16 heavy (non-hydrogen) atoms. The number of rotatable bonds is 3. The molecule has 1 heterocycles. The number of nitrogens with two attached hydrogens (primary N) is 1. The Kier molecular flexibility index (Phi) is 3.19. The van der Waals surface area contributed by atoms with Crippen LogP contribution in [0.25, 0.3) is 0 Å². The molecule has 1 aliphatic rings. The van der Waals surface area contributed by atoms with Crippen LogP contribution in [0.5, 0.6) is 5.75 Å². The zero-order valence-corrected chi connectivity index (χ0v) is 9.69. The van der Waals surface area contributed by atoms with Crippen molar-refractivity contribution in [1.82, 2.24) is 0 Å². The second-order valence-corrected chi connectivity index (χ2v) is 4.07. The summed E-state index contributed by atoms with van der Waals surface area (Å²) in [6, 6.07) is 6.10. The second kappa shape index (κ2) is 4.61. The van der Waals surface area contributed by atoms with Crippen LogP contribution in [0.3, 0.4) is 0 Å². The van der Waals surface area contributed by atoms with Gasteiger partial charge in [0.05, 0.1) is 24.9 Å². The summed E-state index contributed by atoms with van der Waals surface area (Å²) in [4.78, 5) is 0. The van der Waals surface area contributed by atoms with Gasteiger partial charge in [0.25, 0.3) is 0 Å². The minimum Gasteiger partial charge on any atom is -0.495 e. The Morgan fingerprint density at radius 2 is 2.31 bits per heavy atom. The molecule has 2 unspecified atom stereocenters. The lowest BCUT2D eigenvalue weighted by Crippen LogP contribution is -2.26. The molecule has 1 aliphatic heterocycles. The van der Waals surface area contributed by atoms with E-state index in [0.717, 1.165) is 18.7 Å². The number of nitrogen functional groups attached to an aromatic ring is 1. The van der Waals surface area contributed by atoms with Crippen LogP contribution in [0.15, 0.2) is 18.2 Å². The quantitative estimate of drug-likeness (QED) is 0.766. The highest BCUT2D eigenvalue weighted by molar-refractivity contribution is 5.61. The Balaban J connectivity index is 2.09. The van der Waals surface area contributed by atoms with Crippen LogP contribution < -0.4 is 15.8 Å². The number of anilines is 2. The van der Waals surface area contributed by atoms with E-state index in [1.807, 2.05) is 18.2 Å². The third-order valence-electron chi connectivity index (χ3n) is 2.96. The molecule has 0 amide bonds. The summed E-state index contributed by atoms with van der Waals surface area (Å²) in [6.45, 7) is 2.91. The fraction of sp³-hybridized carbons (Fsp3) is 0.500. The molecule has 1 saturated heterocycles. The molecule has 0 spiro atoms. The highest BCUT2D eigenvalue weighted by Crippen LogP contribution is 2.27. The maximum absolute atomic E-state index is 5.76. The summed E-state index contributed by atoms with van der Waals surface area (Å²) in [5, 5.41) is 3.43. The van der Waals surface area contributed by atoms with Gasteiger partial charge >= 0.3 is 0 Å². The number of hydrogen-bond acceptors (Lipinski definition) is 4. The molecule has 88 valence electrons. The summed E-state index contributed by atoms with van der Waals surface area (Å²) in [6.07, 6.45) is 1.29. The molecule has 1 aromatic rings. The van der Waals surface area contributed by atoms with Crippen molar-refractivity contribution in [3.05, 3.63) is 18.2 Å². The van der Waals surface area contributed by atoms with Crippen molar-refractivity contribution < 1.29 is 9.47 Å². The minimum atomic E-state index is 0.253. The molecule has 0 aromatic heterocycles. The summed E-state index contributed by atoms with van der Waals surface area (Å²) >= 11 is 0. The van der Waals surface area contributed by atoms with Gasteiger partial charge in [-0.25, -0.2) is 0 Å². The number of hydrogen-bond donors (Lipinski definition) is 2. The van der Waals surface area contributed by atoms with E-state index in [0.29, 0.717) is 17.5 Å². The van der Waals surface area contributed by atoms with Gasteiger partial charge in [-0.15, -0.1) is 0 Å². The molecule has 4 heteroatoms. The van der Waals surface area contributed by atoms with Crippen LogP contribution >= 0.6 is 0 Å². The highest BCUT2D eigenvalue weighted by atomic mass is 16.5. The monoisotopic (exact) mass is 222 g/mol. The maximum atomic E-state index is 5.76. The minimum absolute atomic E-state index is 0.253. The largest absolute Gasteiger partial charge is 0.495 e. The van der Waals surface area contributed by atoms with E-state index in [4.69, 9.17) is 15.2 Å². The van der Waals surface area contributed by atoms with Gasteiger partial charge in [0.1, 0.15) is 5.75 Å². The van der Waals surface area contributed by atoms with Crippen LogP contribution in [0.4, 0.5) is 11.4 Å². The van der Waals surface area contributed by atoms with Gasteiger partial charge in [-0.3, -0.25) is 0 Å². The van der Waals surface area contributed by atoms with Crippen molar-refractivity contribution >= 4 is 11.4 Å². The molecular weight excluding hydrogens is 204 g/mol. The van der Waals surface area contributed by atoms with Crippen molar-refractivity contribution in [2.75, 3.05) is 24.8 Å². The smallest absolute Gasteiger partial charge is 0.143 e. The zero-order chi connectivity index (χ0) is 11.5. The summed E-state index contributed by atoms with van der Waals surface area (Å²) < 4.78 is 10.7. The molecule has 2 atom stereocenters. The Labute approximate surface area is 95.7 Å². The second-order valence-electron chi connectivity index (χ2n) is 4.07. The molecule has 0 radical (unpaired) electrons. The van der Waals surface area contributed by atoms with Gasteiger partial charge in [0.2, 0.25) is 0 Å². The molecule has 4 nitrogen and oxygen atoms in total. The average molecular weight is 222 g/mol. The van der Waals surface area contributed by atoms with Crippen LogP contribution in [0.1, 0.15) is 13.3 Å². The predicted molar refractivity (Wildman–Crippen MR) is 64.8 cm³/mol. The van der Waals surface area contributed by atoms with E-state index >= 15 is 0 Å². The number of nitrogens with one attached hydrogen (secondary N) is 1. The highest BCUT2D eigenvalue weighted by Gasteiger charge is 2.23. The lowest BCUT2D eigenvalue weighted by atomic mass is 10.1. The van der Waals surface area contributed by atoms with Gasteiger partial charge in [-0.2, -0.15) is 0 Å². The maximum Gasteiger partial charge on any atom is 0.143 e. The van der Waals surface area contributed by atoms with Crippen molar-refractivity contribution in [3.63, 3.8) is 0 Å². The van der Waals surface area contributed by atoms with Crippen LogP contribution in [-0.2, 0) is 4.74 Å². The van der Waals surface area contributed by atoms with E-state index < -0.39 is 0 Å². The molecule has 0 bridgehead atoms. The lowest BCUT2D eigenvalue weighted by molar-refractivity contribution is 0.121. The fourth-order valence-corrected chi connectivity index (χ4v) is 1.94. The number of ether oxygens (including phenoxy) is 2. The predicted octanol–water partition coefficient (Wildman–Crippen LogP) is 1.87. The van der Waals surface area contributed by atoms with Crippen molar-refractivity contribution in [1.29, 1.82) is 0 Å². The van der Waals surface area contributed by atoms with E-state index in [-0.39, 0.29) is 6.10 Å². The summed E-state index contributed by atoms with van der Waals surface area (Å²) in [7, 11) is 1.62. The third-order valence-corrected chi connectivity index (χ3v) is 2.96. The standard InChI is InChI=1S/C12H18N2O2/c1-8-11(5-6-16-8)14-9-3-4-10(13)12(7-9)15-2/h3-4,7-8,11,14H,5-6,13H2,1-2H3. The molecule has 0 saturated carbocycles. The van der Waals surface area contributed by atoms with Crippen LogP contribution in [0.2, 0.25) is 0 Å². The molecule has 1 fully saturated rings. The molecule has 0 aliphatic carbocycles. The first-order valence-corrected chi connectivity index (χ1v) is 5.52. The first-order chi connectivity index (χ1) is 7.70. The normalized spacial score (nSPS) is 24.4. The van der Waals surface area contributed by atoms with E-state index in [1.165, 1.54) is 0 Å². The van der Waals surface area contributed by atoms with Gasteiger partial charge in [-0.1, -0.05) is 0 Å². The number of benzene rings is 1. The van der Waals surface area contributed by atoms with Crippen LogP contribution in [-0.4, -0.2) is 25.9 Å². The average Bonchev–Trinajstić information content (AvgIpc) is 2.67. The van der Waals surface area contributed by atoms with Crippen molar-refractivity contribution in [3.8, 4) is 5.75 Å². The van der Waals surface area contributed by atoms with E-state index in [2.05, 4.69) is 12.2 Å². The van der Waals surface area contributed by atoms with Crippen molar-refractivity contribution in [2.24, 2.45) is 0 Å². The van der Waals surface area contributed by atoms with Crippen molar-refractivity contribution in [2.45, 2.75) is 25.5 Å². The third kappa shape index (κ3) is 2.22. The Morgan fingerprint density at radius 3 is 2.94 bits per heavy atom. The van der Waals surface area contributed by atoms with Gasteiger partial charge in [-0.05, 0) is 25.5 Å². The first kappa shape index (κ1) is 11.1. The Bertz CT molecular complexity index is 368. The topological polar surface area (TPSA) is 56.5 Å². The summed E-state index contributed by atoms with van der Waals surface area (Å²) in [5.74, 6) is 0.705. The fourth-order valence-electron chi connectivity index (χ4n) is 1.94. The van der Waals surface area contributed by atoms with Gasteiger partial charge in [0.15, 0.2) is 0 Å². The van der Waals surface area contributed by atoms with Gasteiger partial charge < -0.3 is 20.5 Å². The Morgan fingerprint density at radius 1 is 1.50 bits per heavy atom. The molecule has 2 rings (SSSR count). The molecule has 3 N–H and O–H groups in total. The van der Waals surface area contributed by atoms with Gasteiger partial charge in [0, 0.05) is 18.4 Å². The Hall–Kier alpha value is -1.42. The SMILES string of the molecule is COc1cc(NC2CCOC2C)ccc1N. The van der Waals surface area contributed by atoms with E-state index in [1.54, 1.807) is 7.11 Å². The van der Waals surface area contributed by atoms with Crippen LogP contribution in [0, 0.1) is 0 Å². The van der Waals surface area contributed by atoms with E-state index in [9.17, 15) is 0 Å². The lowest BCUT2D eigenvalue weighted by Gasteiger charge is -2.18. The number of methoxy groups -OCH3 is 1. The molecule has 1 aromatic carbocycles. The summed E-state index contributed by atoms with van der Waals surface area (Å²) in [5.41, 5.74) is 7.44.